The Labute approximate surface area is 312 Å². The second-order valence-electron chi connectivity index (χ2n) is 14.4. The minimum atomic E-state index is -0.410. The van der Waals surface area contributed by atoms with Gasteiger partial charge < -0.3 is 19.9 Å². The van der Waals surface area contributed by atoms with Gasteiger partial charge in [0.15, 0.2) is 0 Å². The van der Waals surface area contributed by atoms with Crippen molar-refractivity contribution in [2.24, 2.45) is 5.92 Å². The van der Waals surface area contributed by atoms with Crippen molar-refractivity contribution in [1.29, 1.82) is 0 Å². The first kappa shape index (κ1) is 34.9. The van der Waals surface area contributed by atoms with Gasteiger partial charge in [-0.2, -0.15) is 5.10 Å². The number of imidazole rings is 1. The van der Waals surface area contributed by atoms with E-state index in [1.54, 1.807) is 24.3 Å². The average Bonchev–Trinajstić information content (AvgIpc) is 3.78. The second-order valence-corrected chi connectivity index (χ2v) is 14.8. The highest BCUT2D eigenvalue weighted by atomic mass is 35.5. The van der Waals surface area contributed by atoms with E-state index in [1.807, 2.05) is 22.7 Å². The fraction of sp³-hybridized carbons (Fsp3) is 0.421. The van der Waals surface area contributed by atoms with Crippen LogP contribution in [0, 0.1) is 5.92 Å². The molecule has 15 heteroatoms. The number of pyridine rings is 2. The Morgan fingerprint density at radius 1 is 1.04 bits per heavy atom. The maximum Gasteiger partial charge on any atom is 0.329 e. The lowest BCUT2D eigenvalue weighted by molar-refractivity contribution is -0.120. The van der Waals surface area contributed by atoms with Crippen molar-refractivity contribution in [3.8, 4) is 5.75 Å². The van der Waals surface area contributed by atoms with E-state index in [0.29, 0.717) is 52.4 Å². The van der Waals surface area contributed by atoms with Gasteiger partial charge in [-0.1, -0.05) is 11.6 Å². The molecule has 0 bridgehead atoms. The Hall–Kier alpha value is -5.21. The predicted octanol–water partition coefficient (Wildman–Crippen LogP) is 5.77. The van der Waals surface area contributed by atoms with Crippen LogP contribution in [0.3, 0.4) is 0 Å². The minimum Gasteiger partial charge on any atom is -0.494 e. The molecule has 2 N–H and O–H groups in total. The summed E-state index contributed by atoms with van der Waals surface area (Å²) in [5.74, 6) is 1.30. The Kier molecular flexibility index (Phi) is 9.64. The summed E-state index contributed by atoms with van der Waals surface area (Å²) in [6.07, 6.45) is 15.6. The lowest BCUT2D eigenvalue weighted by Crippen LogP contribution is -2.50. The molecule has 53 heavy (non-hydrogen) atoms. The molecule has 0 unspecified atom stereocenters. The number of imide groups is 1. The normalized spacial score (nSPS) is 20.0. The van der Waals surface area contributed by atoms with Crippen molar-refractivity contribution in [1.82, 2.24) is 34.4 Å². The van der Waals surface area contributed by atoms with Gasteiger partial charge in [-0.3, -0.25) is 33.9 Å². The monoisotopic (exact) mass is 738 g/mol. The second kappa shape index (κ2) is 14.7. The molecular weight excluding hydrogens is 696 g/mol. The van der Waals surface area contributed by atoms with Crippen LogP contribution in [-0.4, -0.2) is 93.3 Å². The third-order valence-corrected chi connectivity index (χ3v) is 11.3. The van der Waals surface area contributed by atoms with E-state index in [1.165, 1.54) is 12.4 Å². The standard InChI is InChI=1S/C38H43ClN10O4/c1-45(28-7-11-46(12-8-28)30-9-13-47-34(17-30)41-21-36(47)48-14-10-35(50)43-38(48)52)22-24-3-5-29(6-4-24)49-23-26-16-32(33(53-2)18-31(26)44-49)42-37(51)25-15-27(39)20-40-19-25/h9,13,15-21,23-24,28-29H,3-8,10-12,14,22H2,1-2H3,(H,42,51)(H,43,50,52)/t24-,29-. The summed E-state index contributed by atoms with van der Waals surface area (Å²) >= 11 is 6.04. The maximum atomic E-state index is 12.9. The lowest BCUT2D eigenvalue weighted by Gasteiger charge is -2.40. The number of anilines is 3. The molecule has 8 rings (SSSR count). The number of rotatable bonds is 9. The molecule has 3 aliphatic rings. The molecule has 0 spiro atoms. The minimum absolute atomic E-state index is 0.250. The molecule has 1 saturated carbocycles. The number of urea groups is 1. The first-order valence-corrected chi connectivity index (χ1v) is 18.6. The summed E-state index contributed by atoms with van der Waals surface area (Å²) in [4.78, 5) is 52.0. The smallest absolute Gasteiger partial charge is 0.329 e. The van der Waals surface area contributed by atoms with Gasteiger partial charge in [0, 0.05) is 86.6 Å². The molecule has 14 nitrogen and oxygen atoms in total. The van der Waals surface area contributed by atoms with Crippen molar-refractivity contribution in [3.05, 3.63) is 71.9 Å². The quantitative estimate of drug-likeness (QED) is 0.193. The number of fused-ring (bicyclic) bond motifs is 2. The van der Waals surface area contributed by atoms with Crippen molar-refractivity contribution in [2.75, 3.05) is 55.5 Å². The molecular formula is C38H43ClN10O4. The van der Waals surface area contributed by atoms with E-state index in [2.05, 4.69) is 60.5 Å². The van der Waals surface area contributed by atoms with Crippen LogP contribution < -0.4 is 25.2 Å². The molecule has 5 aromatic rings. The number of halogens is 1. The molecule has 3 fully saturated rings. The van der Waals surface area contributed by atoms with Gasteiger partial charge in [0.25, 0.3) is 5.91 Å². The van der Waals surface area contributed by atoms with E-state index >= 15 is 0 Å². The number of amides is 4. The number of aromatic nitrogens is 5. The van der Waals surface area contributed by atoms with E-state index in [-0.39, 0.29) is 18.2 Å². The number of nitrogens with one attached hydrogen (secondary N) is 2. The largest absolute Gasteiger partial charge is 0.494 e. The molecule has 1 aromatic carbocycles. The number of hydrogen-bond acceptors (Lipinski definition) is 9. The van der Waals surface area contributed by atoms with Gasteiger partial charge in [-0.25, -0.2) is 9.78 Å². The van der Waals surface area contributed by atoms with Gasteiger partial charge in [-0.15, -0.1) is 0 Å². The van der Waals surface area contributed by atoms with Gasteiger partial charge in [0.05, 0.1) is 41.1 Å². The molecule has 276 valence electrons. The van der Waals surface area contributed by atoms with Gasteiger partial charge in [-0.05, 0) is 69.7 Å². The number of nitrogens with zero attached hydrogens (tertiary/aromatic N) is 8. The first-order chi connectivity index (χ1) is 25.7. The van der Waals surface area contributed by atoms with Crippen molar-refractivity contribution in [2.45, 2.75) is 57.0 Å². The van der Waals surface area contributed by atoms with Crippen LogP contribution in [0.1, 0.15) is 61.3 Å². The molecule has 2 saturated heterocycles. The summed E-state index contributed by atoms with van der Waals surface area (Å²) in [7, 11) is 3.86. The van der Waals surface area contributed by atoms with Crippen LogP contribution in [-0.2, 0) is 4.79 Å². The number of carbonyl (C=O) groups is 3. The number of piperidine rings is 1. The molecule has 1 aliphatic carbocycles. The Balaban J connectivity index is 0.831. The Morgan fingerprint density at radius 3 is 2.60 bits per heavy atom. The summed E-state index contributed by atoms with van der Waals surface area (Å²) < 4.78 is 9.60. The first-order valence-electron chi connectivity index (χ1n) is 18.2. The number of ether oxygens (including phenoxy) is 1. The summed E-state index contributed by atoms with van der Waals surface area (Å²) in [6, 6.07) is 10.00. The summed E-state index contributed by atoms with van der Waals surface area (Å²) in [6.45, 7) is 3.39. The highest BCUT2D eigenvalue weighted by molar-refractivity contribution is 6.30. The van der Waals surface area contributed by atoms with Gasteiger partial charge in [0.2, 0.25) is 5.91 Å². The lowest BCUT2D eigenvalue weighted by atomic mass is 9.85. The third-order valence-electron chi connectivity index (χ3n) is 11.1. The van der Waals surface area contributed by atoms with Crippen LogP contribution in [0.25, 0.3) is 16.6 Å². The van der Waals surface area contributed by atoms with E-state index < -0.39 is 6.03 Å². The fourth-order valence-electron chi connectivity index (χ4n) is 8.10. The highest BCUT2D eigenvalue weighted by Gasteiger charge is 2.30. The molecule has 0 atom stereocenters. The highest BCUT2D eigenvalue weighted by Crippen LogP contribution is 2.36. The zero-order valence-corrected chi connectivity index (χ0v) is 30.6. The zero-order valence-electron chi connectivity index (χ0n) is 29.9. The molecule has 6 heterocycles. The van der Waals surface area contributed by atoms with E-state index in [9.17, 15) is 14.4 Å². The van der Waals surface area contributed by atoms with Crippen molar-refractivity contribution >= 4 is 63.2 Å². The SMILES string of the molecule is COc1cc2nn([C@H]3CC[C@H](CN(C)C4CCN(c5ccn6c(N7CCC(=O)NC7=O)cnc6c5)CC4)CC3)cc2cc1NC(=O)c1cncc(Cl)c1. The third kappa shape index (κ3) is 7.25. The zero-order chi connectivity index (χ0) is 36.6. The Morgan fingerprint density at radius 2 is 1.85 bits per heavy atom. The van der Waals surface area contributed by atoms with E-state index in [0.717, 1.165) is 80.4 Å². The predicted molar refractivity (Wildman–Crippen MR) is 203 cm³/mol. The molecule has 4 amide bonds. The topological polar surface area (TPSA) is 142 Å². The van der Waals surface area contributed by atoms with Crippen molar-refractivity contribution in [3.63, 3.8) is 0 Å². The average molecular weight is 739 g/mol. The van der Waals surface area contributed by atoms with E-state index in [4.69, 9.17) is 21.4 Å². The summed E-state index contributed by atoms with van der Waals surface area (Å²) in [5.41, 5.74) is 3.68. The molecule has 2 aliphatic heterocycles. The van der Waals surface area contributed by atoms with Gasteiger partial charge in [0.1, 0.15) is 17.2 Å². The number of carbonyl (C=O) groups excluding carboxylic acids is 3. The van der Waals surface area contributed by atoms with Crippen LogP contribution >= 0.6 is 11.6 Å². The van der Waals surface area contributed by atoms with Gasteiger partial charge >= 0.3 is 6.03 Å². The summed E-state index contributed by atoms with van der Waals surface area (Å²) in [5, 5.41) is 11.6. The number of methoxy groups -OCH3 is 1. The van der Waals surface area contributed by atoms with Crippen LogP contribution in [0.5, 0.6) is 5.75 Å². The number of hydrogen-bond donors (Lipinski definition) is 2. The van der Waals surface area contributed by atoms with Crippen LogP contribution in [0.15, 0.2) is 61.3 Å². The number of benzene rings is 1. The van der Waals surface area contributed by atoms with Crippen molar-refractivity contribution < 1.29 is 19.1 Å². The Bertz CT molecular complexity index is 2170. The van der Waals surface area contributed by atoms with Crippen LogP contribution in [0.4, 0.5) is 22.0 Å². The maximum absolute atomic E-state index is 12.9. The molecule has 0 radical (unpaired) electrons. The fourth-order valence-corrected chi connectivity index (χ4v) is 8.28. The van der Waals surface area contributed by atoms with Crippen LogP contribution in [0.2, 0.25) is 5.02 Å². The molecule has 4 aromatic heterocycles.